The van der Waals surface area contributed by atoms with Gasteiger partial charge in [0.15, 0.2) is 0 Å². The highest BCUT2D eigenvalue weighted by atomic mass is 35.5. The summed E-state index contributed by atoms with van der Waals surface area (Å²) in [5.41, 5.74) is 7.18. The van der Waals surface area contributed by atoms with Gasteiger partial charge in [0.25, 0.3) is 5.91 Å². The van der Waals surface area contributed by atoms with Crippen molar-refractivity contribution in [2.24, 2.45) is 5.73 Å². The second-order valence-electron chi connectivity index (χ2n) is 5.84. The quantitative estimate of drug-likeness (QED) is 0.865. The summed E-state index contributed by atoms with van der Waals surface area (Å²) in [5.74, 6) is 0.00877. The molecule has 1 aliphatic carbocycles. The molecule has 0 aliphatic heterocycles. The molecule has 1 amide bonds. The molecular formula is C17H20ClN3OS. The molecule has 6 heteroatoms. The van der Waals surface area contributed by atoms with Crippen LogP contribution in [0.25, 0.3) is 0 Å². The maximum atomic E-state index is 12.9. The lowest BCUT2D eigenvalue weighted by molar-refractivity contribution is 0.0668. The molecule has 4 nitrogen and oxygen atoms in total. The van der Waals surface area contributed by atoms with Crippen molar-refractivity contribution >= 4 is 28.8 Å². The number of nitrogens with two attached hydrogens (primary N) is 1. The molecule has 1 fully saturated rings. The second-order valence-corrected chi connectivity index (χ2v) is 7.22. The van der Waals surface area contributed by atoms with Crippen LogP contribution in [0.1, 0.15) is 46.9 Å². The molecule has 122 valence electrons. The first-order valence-electron chi connectivity index (χ1n) is 7.82. The van der Waals surface area contributed by atoms with Crippen LogP contribution in [0.4, 0.5) is 0 Å². The van der Waals surface area contributed by atoms with Gasteiger partial charge in [-0.1, -0.05) is 23.7 Å². The van der Waals surface area contributed by atoms with Crippen LogP contribution in [0.5, 0.6) is 0 Å². The molecule has 1 atom stereocenters. The molecule has 2 N–H and O–H groups in total. The first-order valence-corrected chi connectivity index (χ1v) is 9.08. The van der Waals surface area contributed by atoms with E-state index in [-0.39, 0.29) is 11.9 Å². The maximum absolute atomic E-state index is 12.9. The molecule has 1 unspecified atom stereocenters. The number of hydrogen-bond acceptors (Lipinski definition) is 4. The minimum Gasteiger partial charge on any atom is -0.330 e. The Balaban J connectivity index is 1.82. The fourth-order valence-electron chi connectivity index (χ4n) is 2.69. The van der Waals surface area contributed by atoms with Gasteiger partial charge in [0.05, 0.1) is 11.0 Å². The fraction of sp³-hybridized carbons (Fsp3) is 0.412. The molecule has 0 bridgehead atoms. The van der Waals surface area contributed by atoms with E-state index in [9.17, 15) is 4.79 Å². The summed E-state index contributed by atoms with van der Waals surface area (Å²) in [6, 6.07) is 8.02. The number of hydrogen-bond donors (Lipinski definition) is 1. The number of carbonyl (C=O) groups excluding carboxylic acids is 1. The van der Waals surface area contributed by atoms with Gasteiger partial charge < -0.3 is 10.6 Å². The van der Waals surface area contributed by atoms with Crippen LogP contribution in [0.2, 0.25) is 5.02 Å². The minimum absolute atomic E-state index is 0.00641. The van der Waals surface area contributed by atoms with E-state index >= 15 is 0 Å². The highest BCUT2D eigenvalue weighted by Crippen LogP contribution is 2.36. The summed E-state index contributed by atoms with van der Waals surface area (Å²) in [5, 5.41) is 3.47. The highest BCUT2D eigenvalue weighted by Gasteiger charge is 2.37. The van der Waals surface area contributed by atoms with Gasteiger partial charge in [0.1, 0.15) is 5.69 Å². The van der Waals surface area contributed by atoms with Gasteiger partial charge in [-0.15, -0.1) is 11.3 Å². The van der Waals surface area contributed by atoms with Gasteiger partial charge in [-0.3, -0.25) is 4.79 Å². The van der Waals surface area contributed by atoms with Gasteiger partial charge in [0, 0.05) is 22.9 Å². The lowest BCUT2D eigenvalue weighted by Crippen LogP contribution is -2.35. The van der Waals surface area contributed by atoms with Crippen molar-refractivity contribution in [1.82, 2.24) is 9.88 Å². The topological polar surface area (TPSA) is 59.2 Å². The molecule has 0 saturated heterocycles. The lowest BCUT2D eigenvalue weighted by Gasteiger charge is -2.29. The Bertz CT molecular complexity index is 681. The summed E-state index contributed by atoms with van der Waals surface area (Å²) in [6.07, 6.45) is 2.83. The summed E-state index contributed by atoms with van der Waals surface area (Å²) >= 11 is 7.47. The van der Waals surface area contributed by atoms with Gasteiger partial charge in [0.2, 0.25) is 0 Å². The van der Waals surface area contributed by atoms with Crippen LogP contribution in [0.15, 0.2) is 29.6 Å². The van der Waals surface area contributed by atoms with E-state index in [0.717, 1.165) is 23.4 Å². The molecule has 3 rings (SSSR count). The van der Waals surface area contributed by atoms with Crippen LogP contribution in [0, 0.1) is 0 Å². The van der Waals surface area contributed by atoms with E-state index in [2.05, 4.69) is 11.9 Å². The predicted octanol–water partition coefficient (Wildman–Crippen LogP) is 3.66. The largest absolute Gasteiger partial charge is 0.330 e. The van der Waals surface area contributed by atoms with Crippen molar-refractivity contribution in [1.29, 1.82) is 0 Å². The maximum Gasteiger partial charge on any atom is 0.274 e. The Morgan fingerprint density at radius 2 is 2.13 bits per heavy atom. The molecule has 1 heterocycles. The van der Waals surface area contributed by atoms with Gasteiger partial charge >= 0.3 is 0 Å². The van der Waals surface area contributed by atoms with Crippen molar-refractivity contribution < 1.29 is 4.79 Å². The van der Waals surface area contributed by atoms with E-state index in [1.54, 1.807) is 0 Å². The normalized spacial score (nSPS) is 15.4. The molecule has 23 heavy (non-hydrogen) atoms. The van der Waals surface area contributed by atoms with Crippen molar-refractivity contribution in [2.45, 2.75) is 38.3 Å². The van der Waals surface area contributed by atoms with E-state index in [0.29, 0.717) is 29.7 Å². The van der Waals surface area contributed by atoms with E-state index < -0.39 is 0 Å². The van der Waals surface area contributed by atoms with Crippen molar-refractivity contribution in [3.63, 3.8) is 0 Å². The Morgan fingerprint density at radius 1 is 1.43 bits per heavy atom. The van der Waals surface area contributed by atoms with Crippen LogP contribution < -0.4 is 5.73 Å². The Labute approximate surface area is 145 Å². The average Bonchev–Trinajstić information content (AvgIpc) is 3.26. The van der Waals surface area contributed by atoms with Crippen LogP contribution in [-0.4, -0.2) is 28.4 Å². The Morgan fingerprint density at radius 3 is 2.74 bits per heavy atom. The van der Waals surface area contributed by atoms with Gasteiger partial charge in [-0.05, 0) is 44.0 Å². The first kappa shape index (κ1) is 16.4. The minimum atomic E-state index is 0.00641. The zero-order valence-corrected chi connectivity index (χ0v) is 14.6. The van der Waals surface area contributed by atoms with Gasteiger partial charge in [-0.25, -0.2) is 4.98 Å². The zero-order valence-electron chi connectivity index (χ0n) is 13.0. The SMILES string of the molecule is CC(c1ccc(Cl)cc1)N(C(=O)c1csc(CCN)n1)C1CC1. The summed E-state index contributed by atoms with van der Waals surface area (Å²) < 4.78 is 0. The standard InChI is InChI=1S/C17H20ClN3OS/c1-11(12-2-4-13(18)5-3-12)21(14-6-7-14)17(22)15-10-23-16(20-15)8-9-19/h2-5,10-11,14H,6-9,19H2,1H3. The van der Waals surface area contributed by atoms with Crippen molar-refractivity contribution in [3.8, 4) is 0 Å². The number of amides is 1. The van der Waals surface area contributed by atoms with E-state index in [1.165, 1.54) is 11.3 Å². The Kier molecular flexibility index (Phi) is 4.99. The summed E-state index contributed by atoms with van der Waals surface area (Å²) in [4.78, 5) is 19.3. The van der Waals surface area contributed by atoms with E-state index in [1.807, 2.05) is 34.5 Å². The second kappa shape index (κ2) is 6.99. The predicted molar refractivity (Wildman–Crippen MR) is 93.9 cm³/mol. The van der Waals surface area contributed by atoms with Crippen LogP contribution in [-0.2, 0) is 6.42 Å². The molecule has 1 aliphatic rings. The zero-order chi connectivity index (χ0) is 16.4. The van der Waals surface area contributed by atoms with Crippen LogP contribution in [0.3, 0.4) is 0 Å². The molecule has 0 spiro atoms. The third-order valence-corrected chi connectivity index (χ3v) is 5.23. The third kappa shape index (κ3) is 3.74. The number of carbonyl (C=O) groups is 1. The lowest BCUT2D eigenvalue weighted by atomic mass is 10.1. The average molecular weight is 350 g/mol. The molecule has 1 aromatic heterocycles. The number of rotatable bonds is 6. The number of thiazole rings is 1. The fourth-order valence-corrected chi connectivity index (χ4v) is 3.61. The molecule has 1 aromatic carbocycles. The number of nitrogens with zero attached hydrogens (tertiary/aromatic N) is 2. The van der Waals surface area contributed by atoms with Crippen LogP contribution >= 0.6 is 22.9 Å². The Hall–Kier alpha value is -1.43. The van der Waals surface area contributed by atoms with Crippen molar-refractivity contribution in [3.05, 3.63) is 50.9 Å². The third-order valence-electron chi connectivity index (χ3n) is 4.07. The molecular weight excluding hydrogens is 330 g/mol. The number of benzene rings is 1. The molecule has 0 radical (unpaired) electrons. The summed E-state index contributed by atoms with van der Waals surface area (Å²) in [7, 11) is 0. The number of aromatic nitrogens is 1. The van der Waals surface area contributed by atoms with Crippen molar-refractivity contribution in [2.75, 3.05) is 6.54 Å². The highest BCUT2D eigenvalue weighted by molar-refractivity contribution is 7.09. The monoisotopic (exact) mass is 349 g/mol. The molecule has 2 aromatic rings. The van der Waals surface area contributed by atoms with Gasteiger partial charge in [-0.2, -0.15) is 0 Å². The number of halogens is 1. The first-order chi connectivity index (χ1) is 11.1. The summed E-state index contributed by atoms with van der Waals surface area (Å²) in [6.45, 7) is 2.61. The smallest absolute Gasteiger partial charge is 0.274 e. The van der Waals surface area contributed by atoms with E-state index in [4.69, 9.17) is 17.3 Å². The molecule has 1 saturated carbocycles.